The molecular formula is C27H29N3O3. The molecule has 1 atom stereocenters. The molecule has 0 radical (unpaired) electrons. The summed E-state index contributed by atoms with van der Waals surface area (Å²) in [5.41, 5.74) is 9.77. The Morgan fingerprint density at radius 1 is 1.18 bits per heavy atom. The van der Waals surface area contributed by atoms with Crippen LogP contribution in [0.4, 0.5) is 11.5 Å². The Kier molecular flexibility index (Phi) is 7.17. The largest absolute Gasteiger partial charge is 0.388 e. The first kappa shape index (κ1) is 24.0. The Labute approximate surface area is 194 Å². The number of benzene rings is 2. The van der Waals surface area contributed by atoms with Gasteiger partial charge in [-0.2, -0.15) is 0 Å². The molecule has 5 N–H and O–H groups in total. The number of carbonyl (C=O) groups excluding carboxylic acids is 1. The van der Waals surface area contributed by atoms with Crippen LogP contribution in [0.5, 0.6) is 0 Å². The summed E-state index contributed by atoms with van der Waals surface area (Å²) < 4.78 is 0. The van der Waals surface area contributed by atoms with Crippen LogP contribution in [0.1, 0.15) is 60.3 Å². The van der Waals surface area contributed by atoms with E-state index in [-0.39, 0.29) is 11.4 Å². The van der Waals surface area contributed by atoms with Crippen LogP contribution in [0.3, 0.4) is 0 Å². The summed E-state index contributed by atoms with van der Waals surface area (Å²) in [6, 6.07) is 14.6. The summed E-state index contributed by atoms with van der Waals surface area (Å²) in [6.45, 7) is 7.09. The number of nitrogens with one attached hydrogen (secondary N) is 1. The van der Waals surface area contributed by atoms with Gasteiger partial charge in [0.2, 0.25) is 0 Å². The second-order valence-corrected chi connectivity index (χ2v) is 8.56. The SMILES string of the molecule is CCC(O)c1cc(C)cc(-c2cnc(N)c(C(=O)Nc3cccc(C#CC(C)(C)O)c3)c2)c1. The number of aryl methyl sites for hydroxylation is 1. The zero-order valence-corrected chi connectivity index (χ0v) is 19.3. The maximum absolute atomic E-state index is 13.0. The van der Waals surface area contributed by atoms with Crippen molar-refractivity contribution in [2.75, 3.05) is 11.1 Å². The van der Waals surface area contributed by atoms with E-state index >= 15 is 0 Å². The molecule has 0 saturated heterocycles. The molecule has 0 saturated carbocycles. The average Bonchev–Trinajstić information content (AvgIpc) is 2.76. The highest BCUT2D eigenvalue weighted by Gasteiger charge is 2.15. The van der Waals surface area contributed by atoms with Crippen LogP contribution >= 0.6 is 0 Å². The number of nitrogens with zero attached hydrogens (tertiary/aromatic N) is 1. The number of rotatable bonds is 5. The van der Waals surface area contributed by atoms with Crippen LogP contribution in [0.25, 0.3) is 11.1 Å². The van der Waals surface area contributed by atoms with E-state index in [1.165, 1.54) is 0 Å². The van der Waals surface area contributed by atoms with Gasteiger partial charge < -0.3 is 21.3 Å². The molecule has 1 aromatic heterocycles. The molecule has 0 aliphatic rings. The number of aliphatic hydroxyl groups excluding tert-OH is 1. The van der Waals surface area contributed by atoms with E-state index in [0.29, 0.717) is 17.7 Å². The first-order chi connectivity index (χ1) is 15.6. The molecule has 0 bridgehead atoms. The molecule has 0 spiro atoms. The summed E-state index contributed by atoms with van der Waals surface area (Å²) in [6.07, 6.45) is 1.67. The Bertz CT molecular complexity index is 1230. The molecular weight excluding hydrogens is 414 g/mol. The minimum Gasteiger partial charge on any atom is -0.388 e. The highest BCUT2D eigenvalue weighted by Crippen LogP contribution is 2.28. The highest BCUT2D eigenvalue weighted by molar-refractivity contribution is 6.07. The van der Waals surface area contributed by atoms with Crippen molar-refractivity contribution in [1.29, 1.82) is 0 Å². The fourth-order valence-electron chi connectivity index (χ4n) is 3.32. The fraction of sp³-hybridized carbons (Fsp3) is 0.259. The molecule has 2 aromatic carbocycles. The van der Waals surface area contributed by atoms with Crippen LogP contribution in [-0.2, 0) is 0 Å². The van der Waals surface area contributed by atoms with Crippen LogP contribution < -0.4 is 11.1 Å². The van der Waals surface area contributed by atoms with E-state index in [1.807, 2.05) is 32.0 Å². The second kappa shape index (κ2) is 9.86. The number of nitrogen functional groups attached to an aromatic ring is 1. The monoisotopic (exact) mass is 443 g/mol. The van der Waals surface area contributed by atoms with Gasteiger partial charge in [-0.05, 0) is 68.7 Å². The third-order valence-corrected chi connectivity index (χ3v) is 5.00. The van der Waals surface area contributed by atoms with Crippen molar-refractivity contribution in [3.8, 4) is 23.0 Å². The first-order valence-corrected chi connectivity index (χ1v) is 10.8. The van der Waals surface area contributed by atoms with Gasteiger partial charge in [-0.3, -0.25) is 4.79 Å². The third kappa shape index (κ3) is 6.42. The summed E-state index contributed by atoms with van der Waals surface area (Å²) in [7, 11) is 0. The van der Waals surface area contributed by atoms with Crippen molar-refractivity contribution in [3.63, 3.8) is 0 Å². The minimum atomic E-state index is -1.11. The number of carbonyl (C=O) groups is 1. The standard InChI is InChI=1S/C27H29N3O3/c1-5-24(31)20-12-17(2)11-19(14-20)21-15-23(25(28)29-16-21)26(32)30-22-8-6-7-18(13-22)9-10-27(3,4)33/h6-8,11-16,24,31,33H,5H2,1-4H3,(H2,28,29)(H,30,32). The maximum atomic E-state index is 13.0. The van der Waals surface area contributed by atoms with Gasteiger partial charge in [0.15, 0.2) is 0 Å². The van der Waals surface area contributed by atoms with Crippen LogP contribution in [0.2, 0.25) is 0 Å². The molecule has 0 aliphatic heterocycles. The number of hydrogen-bond donors (Lipinski definition) is 4. The number of amides is 1. The minimum absolute atomic E-state index is 0.121. The van der Waals surface area contributed by atoms with Crippen LogP contribution in [-0.4, -0.2) is 26.7 Å². The lowest BCUT2D eigenvalue weighted by Gasteiger charge is -2.13. The quantitative estimate of drug-likeness (QED) is 0.436. The summed E-state index contributed by atoms with van der Waals surface area (Å²) in [4.78, 5) is 17.2. The van der Waals surface area contributed by atoms with Crippen LogP contribution in [0.15, 0.2) is 54.7 Å². The Morgan fingerprint density at radius 2 is 1.94 bits per heavy atom. The second-order valence-electron chi connectivity index (χ2n) is 8.56. The predicted molar refractivity (Wildman–Crippen MR) is 132 cm³/mol. The molecule has 0 aliphatic carbocycles. The number of pyridine rings is 1. The zero-order valence-electron chi connectivity index (χ0n) is 19.3. The molecule has 3 rings (SSSR count). The lowest BCUT2D eigenvalue weighted by atomic mass is 9.97. The van der Waals surface area contributed by atoms with Crippen molar-refractivity contribution >= 4 is 17.4 Å². The Hall–Kier alpha value is -3.66. The first-order valence-electron chi connectivity index (χ1n) is 10.8. The fourth-order valence-corrected chi connectivity index (χ4v) is 3.32. The van der Waals surface area contributed by atoms with E-state index in [0.717, 1.165) is 22.3 Å². The normalized spacial score (nSPS) is 11.9. The summed E-state index contributed by atoms with van der Waals surface area (Å²) in [5, 5.41) is 22.9. The van der Waals surface area contributed by atoms with E-state index in [2.05, 4.69) is 22.1 Å². The van der Waals surface area contributed by atoms with Crippen LogP contribution in [0, 0.1) is 18.8 Å². The molecule has 6 nitrogen and oxygen atoms in total. The molecule has 0 fully saturated rings. The van der Waals surface area contributed by atoms with Gasteiger partial charge in [0, 0.05) is 23.0 Å². The lowest BCUT2D eigenvalue weighted by molar-refractivity contribution is 0.102. The van der Waals surface area contributed by atoms with E-state index in [1.54, 1.807) is 50.4 Å². The van der Waals surface area contributed by atoms with Gasteiger partial charge in [-0.25, -0.2) is 4.98 Å². The van der Waals surface area contributed by atoms with Gasteiger partial charge in [0.25, 0.3) is 5.91 Å². The van der Waals surface area contributed by atoms with Gasteiger partial charge in [-0.1, -0.05) is 42.5 Å². The van der Waals surface area contributed by atoms with Gasteiger partial charge in [0.05, 0.1) is 11.7 Å². The smallest absolute Gasteiger partial charge is 0.259 e. The van der Waals surface area contributed by atoms with Gasteiger partial charge >= 0.3 is 0 Å². The summed E-state index contributed by atoms with van der Waals surface area (Å²) >= 11 is 0. The number of hydrogen-bond acceptors (Lipinski definition) is 5. The van der Waals surface area contributed by atoms with Crippen molar-refractivity contribution in [2.45, 2.75) is 45.8 Å². The van der Waals surface area contributed by atoms with Gasteiger partial charge in [0.1, 0.15) is 11.4 Å². The van der Waals surface area contributed by atoms with Crippen molar-refractivity contribution in [3.05, 3.63) is 77.0 Å². The lowest BCUT2D eigenvalue weighted by Crippen LogP contribution is -2.15. The molecule has 1 unspecified atom stereocenters. The zero-order chi connectivity index (χ0) is 24.2. The molecule has 170 valence electrons. The molecule has 1 amide bonds. The number of nitrogens with two attached hydrogens (primary N) is 1. The number of aromatic nitrogens is 1. The Morgan fingerprint density at radius 3 is 2.64 bits per heavy atom. The van der Waals surface area contributed by atoms with E-state index < -0.39 is 17.6 Å². The number of aliphatic hydroxyl groups is 2. The third-order valence-electron chi connectivity index (χ3n) is 5.00. The molecule has 33 heavy (non-hydrogen) atoms. The topological polar surface area (TPSA) is 108 Å². The predicted octanol–water partition coefficient (Wildman–Crippen LogP) is 4.46. The maximum Gasteiger partial charge on any atom is 0.259 e. The molecule has 3 aromatic rings. The Balaban J connectivity index is 1.90. The van der Waals surface area contributed by atoms with Crippen molar-refractivity contribution < 1.29 is 15.0 Å². The van der Waals surface area contributed by atoms with Crippen molar-refractivity contribution in [2.24, 2.45) is 0 Å². The van der Waals surface area contributed by atoms with Gasteiger partial charge in [-0.15, -0.1) is 0 Å². The average molecular weight is 444 g/mol. The molecule has 6 heteroatoms. The van der Waals surface area contributed by atoms with E-state index in [9.17, 15) is 15.0 Å². The van der Waals surface area contributed by atoms with E-state index in [4.69, 9.17) is 5.73 Å². The van der Waals surface area contributed by atoms with Crippen molar-refractivity contribution in [1.82, 2.24) is 4.98 Å². The highest BCUT2D eigenvalue weighted by atomic mass is 16.3. The number of anilines is 2. The molecule has 1 heterocycles. The summed E-state index contributed by atoms with van der Waals surface area (Å²) in [5.74, 6) is 5.38.